The number of carbonyl (C=O) groups is 2. The van der Waals surface area contributed by atoms with E-state index in [1.54, 1.807) is 36.7 Å². The van der Waals surface area contributed by atoms with Crippen molar-refractivity contribution in [2.75, 3.05) is 37.6 Å². The summed E-state index contributed by atoms with van der Waals surface area (Å²) in [5, 5.41) is 2.71. The fourth-order valence-electron chi connectivity index (χ4n) is 2.94. The lowest BCUT2D eigenvalue weighted by Crippen LogP contribution is -2.42. The van der Waals surface area contributed by atoms with E-state index in [9.17, 15) is 9.59 Å². The Kier molecular flexibility index (Phi) is 5.61. The van der Waals surface area contributed by atoms with Crippen molar-refractivity contribution in [2.24, 2.45) is 0 Å². The molecule has 0 unspecified atom stereocenters. The lowest BCUT2D eigenvalue weighted by Gasteiger charge is -2.23. The van der Waals surface area contributed by atoms with Gasteiger partial charge in [-0.2, -0.15) is 0 Å². The van der Waals surface area contributed by atoms with Gasteiger partial charge in [-0.05, 0) is 30.7 Å². The van der Waals surface area contributed by atoms with Gasteiger partial charge in [0.25, 0.3) is 5.91 Å². The van der Waals surface area contributed by atoms with Crippen molar-refractivity contribution in [3.63, 3.8) is 0 Å². The van der Waals surface area contributed by atoms with Gasteiger partial charge in [-0.25, -0.2) is 0 Å². The maximum Gasteiger partial charge on any atom is 0.251 e. The van der Waals surface area contributed by atoms with Crippen molar-refractivity contribution in [3.8, 4) is 0 Å². The van der Waals surface area contributed by atoms with Crippen LogP contribution in [0.4, 0.5) is 5.69 Å². The molecule has 6 heteroatoms. The molecule has 1 aromatic carbocycles. The van der Waals surface area contributed by atoms with E-state index in [2.05, 4.69) is 15.2 Å². The third-order valence-electron chi connectivity index (χ3n) is 4.31. The summed E-state index contributed by atoms with van der Waals surface area (Å²) in [6, 6.07) is 12.9. The number of rotatable bonds is 4. The molecule has 25 heavy (non-hydrogen) atoms. The zero-order valence-electron chi connectivity index (χ0n) is 14.1. The number of aromatic nitrogens is 1. The first kappa shape index (κ1) is 17.0. The van der Waals surface area contributed by atoms with Gasteiger partial charge in [-0.15, -0.1) is 0 Å². The molecule has 3 rings (SSSR count). The van der Waals surface area contributed by atoms with Crippen LogP contribution in [0.25, 0.3) is 0 Å². The van der Waals surface area contributed by atoms with Gasteiger partial charge in [-0.1, -0.05) is 18.2 Å². The topological polar surface area (TPSA) is 65.5 Å². The van der Waals surface area contributed by atoms with Gasteiger partial charge >= 0.3 is 0 Å². The van der Waals surface area contributed by atoms with E-state index in [0.29, 0.717) is 18.7 Å². The van der Waals surface area contributed by atoms with E-state index in [0.717, 1.165) is 25.2 Å². The Balaban J connectivity index is 1.50. The van der Waals surface area contributed by atoms with Crippen LogP contribution in [0.3, 0.4) is 0 Å². The monoisotopic (exact) mass is 338 g/mol. The van der Waals surface area contributed by atoms with E-state index in [1.807, 2.05) is 23.1 Å². The number of pyridine rings is 1. The first-order chi connectivity index (χ1) is 12.2. The molecule has 0 atom stereocenters. The number of hydrogen-bond acceptors (Lipinski definition) is 4. The normalized spacial score (nSPS) is 14.7. The SMILES string of the molecule is O=C(NCC(=O)N1CCCN(c2ccncc2)CC1)c1ccccc1. The lowest BCUT2D eigenvalue weighted by molar-refractivity contribution is -0.129. The molecule has 1 fully saturated rings. The van der Waals surface area contributed by atoms with Gasteiger partial charge < -0.3 is 15.1 Å². The molecule has 1 aromatic heterocycles. The first-order valence-electron chi connectivity index (χ1n) is 8.50. The molecule has 1 aliphatic rings. The summed E-state index contributed by atoms with van der Waals surface area (Å²) < 4.78 is 0. The largest absolute Gasteiger partial charge is 0.370 e. The number of anilines is 1. The van der Waals surface area contributed by atoms with Crippen LogP contribution in [0.15, 0.2) is 54.9 Å². The molecule has 0 saturated carbocycles. The second-order valence-electron chi connectivity index (χ2n) is 5.98. The fourth-order valence-corrected chi connectivity index (χ4v) is 2.94. The van der Waals surface area contributed by atoms with E-state index < -0.39 is 0 Å². The van der Waals surface area contributed by atoms with Crippen molar-refractivity contribution >= 4 is 17.5 Å². The first-order valence-corrected chi connectivity index (χ1v) is 8.50. The summed E-state index contributed by atoms with van der Waals surface area (Å²) >= 11 is 0. The fraction of sp³-hybridized carbons (Fsp3) is 0.316. The van der Waals surface area contributed by atoms with Gasteiger partial charge in [0, 0.05) is 49.8 Å². The van der Waals surface area contributed by atoms with Gasteiger partial charge in [0.2, 0.25) is 5.91 Å². The highest BCUT2D eigenvalue weighted by Gasteiger charge is 2.19. The van der Waals surface area contributed by atoms with Gasteiger partial charge in [0.05, 0.1) is 6.54 Å². The van der Waals surface area contributed by atoms with Crippen molar-refractivity contribution < 1.29 is 9.59 Å². The summed E-state index contributed by atoms with van der Waals surface area (Å²) in [6.45, 7) is 3.08. The molecule has 2 heterocycles. The lowest BCUT2D eigenvalue weighted by atomic mass is 10.2. The van der Waals surface area contributed by atoms with Crippen molar-refractivity contribution in [1.29, 1.82) is 0 Å². The molecular formula is C19H22N4O2. The summed E-state index contributed by atoms with van der Waals surface area (Å²) in [5.74, 6) is -0.261. The van der Waals surface area contributed by atoms with Crippen LogP contribution in [0.2, 0.25) is 0 Å². The Morgan fingerprint density at radius 2 is 1.72 bits per heavy atom. The average Bonchev–Trinajstić information content (AvgIpc) is 2.93. The molecule has 6 nitrogen and oxygen atoms in total. The minimum absolute atomic E-state index is 0.0307. The average molecular weight is 338 g/mol. The van der Waals surface area contributed by atoms with Gasteiger partial charge in [-0.3, -0.25) is 14.6 Å². The highest BCUT2D eigenvalue weighted by atomic mass is 16.2. The molecule has 1 aliphatic heterocycles. The molecule has 0 bridgehead atoms. The number of benzene rings is 1. The van der Waals surface area contributed by atoms with E-state index in [4.69, 9.17) is 0 Å². The van der Waals surface area contributed by atoms with Crippen molar-refractivity contribution in [3.05, 3.63) is 60.4 Å². The highest BCUT2D eigenvalue weighted by molar-refractivity contribution is 5.96. The predicted molar refractivity (Wildman–Crippen MR) is 96.4 cm³/mol. The highest BCUT2D eigenvalue weighted by Crippen LogP contribution is 2.15. The van der Waals surface area contributed by atoms with Crippen LogP contribution >= 0.6 is 0 Å². The van der Waals surface area contributed by atoms with Gasteiger partial charge in [0.15, 0.2) is 0 Å². The summed E-state index contributed by atoms with van der Waals surface area (Å²) in [4.78, 5) is 32.6. The van der Waals surface area contributed by atoms with Crippen LogP contribution < -0.4 is 10.2 Å². The summed E-state index contributed by atoms with van der Waals surface area (Å²) in [5.41, 5.74) is 1.69. The molecule has 0 radical (unpaired) electrons. The van der Waals surface area contributed by atoms with E-state index >= 15 is 0 Å². The number of nitrogens with zero attached hydrogens (tertiary/aromatic N) is 3. The Labute approximate surface area is 147 Å². The molecule has 1 N–H and O–H groups in total. The molecular weight excluding hydrogens is 316 g/mol. The van der Waals surface area contributed by atoms with E-state index in [1.165, 1.54) is 0 Å². The predicted octanol–water partition coefficient (Wildman–Crippen LogP) is 1.55. The van der Waals surface area contributed by atoms with Gasteiger partial charge in [0.1, 0.15) is 0 Å². The van der Waals surface area contributed by atoms with E-state index in [-0.39, 0.29) is 18.4 Å². The Bertz CT molecular complexity index is 706. The van der Waals surface area contributed by atoms with Crippen LogP contribution in [0, 0.1) is 0 Å². The second-order valence-corrected chi connectivity index (χ2v) is 5.98. The Morgan fingerprint density at radius 1 is 0.960 bits per heavy atom. The third-order valence-corrected chi connectivity index (χ3v) is 4.31. The number of nitrogens with one attached hydrogen (secondary N) is 1. The minimum atomic E-state index is -0.220. The van der Waals surface area contributed by atoms with Crippen molar-refractivity contribution in [1.82, 2.24) is 15.2 Å². The molecule has 2 amide bonds. The van der Waals surface area contributed by atoms with Crippen LogP contribution in [0.1, 0.15) is 16.8 Å². The zero-order chi connectivity index (χ0) is 17.5. The summed E-state index contributed by atoms with van der Waals surface area (Å²) in [6.07, 6.45) is 4.46. The summed E-state index contributed by atoms with van der Waals surface area (Å²) in [7, 11) is 0. The second kappa shape index (κ2) is 8.28. The molecule has 0 aliphatic carbocycles. The van der Waals surface area contributed by atoms with Crippen molar-refractivity contribution in [2.45, 2.75) is 6.42 Å². The zero-order valence-corrected chi connectivity index (χ0v) is 14.1. The van der Waals surface area contributed by atoms with Crippen LogP contribution in [-0.4, -0.2) is 54.4 Å². The number of hydrogen-bond donors (Lipinski definition) is 1. The maximum absolute atomic E-state index is 12.4. The Hall–Kier alpha value is -2.89. The van der Waals surface area contributed by atoms with Crippen LogP contribution in [0.5, 0.6) is 0 Å². The Morgan fingerprint density at radius 3 is 2.48 bits per heavy atom. The molecule has 1 saturated heterocycles. The smallest absolute Gasteiger partial charge is 0.251 e. The quantitative estimate of drug-likeness (QED) is 0.919. The maximum atomic E-state index is 12.4. The number of carbonyl (C=O) groups excluding carboxylic acids is 2. The molecule has 130 valence electrons. The molecule has 0 spiro atoms. The number of amides is 2. The minimum Gasteiger partial charge on any atom is -0.370 e. The molecule has 2 aromatic rings. The van der Waals surface area contributed by atoms with Crippen LogP contribution in [-0.2, 0) is 4.79 Å². The standard InChI is InChI=1S/C19H22N4O2/c24-18(15-21-19(25)16-5-2-1-3-6-16)23-12-4-11-22(13-14-23)17-7-9-20-10-8-17/h1-3,5-10H,4,11-15H2,(H,21,25). The third kappa shape index (κ3) is 4.56.